The molecule has 11 nitrogen and oxygen atoms in total. The first-order valence-electron chi connectivity index (χ1n) is 14.5. The van der Waals surface area contributed by atoms with E-state index in [4.69, 9.17) is 14.2 Å². The molecule has 244 valence electrons. The van der Waals surface area contributed by atoms with Crippen LogP contribution in [0.4, 0.5) is 10.8 Å². The topological polar surface area (TPSA) is 145 Å². The molecule has 0 fully saturated rings. The molecule has 1 heterocycles. The Labute approximate surface area is 280 Å². The quantitative estimate of drug-likeness (QED) is 0.0859. The van der Waals surface area contributed by atoms with Gasteiger partial charge in [-0.25, -0.2) is 4.98 Å². The largest absolute Gasteiger partial charge is 0.493 e. The van der Waals surface area contributed by atoms with E-state index < -0.39 is 17.1 Å². The minimum atomic E-state index is -0.557. The number of para-hydroxylation sites is 1. The number of thiazole rings is 1. The molecule has 3 N–H and O–H groups in total. The normalized spacial score (nSPS) is 11.6. The highest BCUT2D eigenvalue weighted by atomic mass is 32.2. The molecule has 4 aromatic rings. The fraction of sp³-hybridized carbons (Fsp3) is 0.206. The predicted molar refractivity (Wildman–Crippen MR) is 183 cm³/mol. The number of nitrogens with one attached hydrogen (secondary N) is 3. The maximum atomic E-state index is 13.5. The smallest absolute Gasteiger partial charge is 0.311 e. The van der Waals surface area contributed by atoms with Crippen molar-refractivity contribution >= 4 is 63.7 Å². The second kappa shape index (κ2) is 17.0. The fourth-order valence-corrected chi connectivity index (χ4v) is 5.79. The van der Waals surface area contributed by atoms with Crippen LogP contribution in [0.2, 0.25) is 0 Å². The minimum absolute atomic E-state index is 0.0123. The van der Waals surface area contributed by atoms with Crippen LogP contribution in [0.15, 0.2) is 88.8 Å². The van der Waals surface area contributed by atoms with E-state index in [1.165, 1.54) is 43.4 Å². The van der Waals surface area contributed by atoms with Crippen molar-refractivity contribution in [3.63, 3.8) is 0 Å². The number of hydrogen-bond acceptors (Lipinski definition) is 10. The molecule has 4 rings (SSSR count). The molecule has 13 heteroatoms. The summed E-state index contributed by atoms with van der Waals surface area (Å²) >= 11 is 2.56. The molecule has 0 aliphatic heterocycles. The van der Waals surface area contributed by atoms with Gasteiger partial charge in [0.15, 0.2) is 16.6 Å². The molecule has 0 aliphatic carbocycles. The summed E-state index contributed by atoms with van der Waals surface area (Å²) in [5, 5.41) is 9.96. The van der Waals surface area contributed by atoms with Crippen molar-refractivity contribution in [2.24, 2.45) is 0 Å². The van der Waals surface area contributed by atoms with Crippen LogP contribution in [0, 0.1) is 0 Å². The molecule has 0 saturated carbocycles. The lowest BCUT2D eigenvalue weighted by Gasteiger charge is -2.14. The Kier molecular flexibility index (Phi) is 12.5. The van der Waals surface area contributed by atoms with Crippen LogP contribution >= 0.6 is 23.1 Å². The molecule has 3 amide bonds. The lowest BCUT2D eigenvalue weighted by Crippen LogP contribution is -2.30. The van der Waals surface area contributed by atoms with Gasteiger partial charge < -0.3 is 30.2 Å². The monoisotopic (exact) mass is 674 g/mol. The van der Waals surface area contributed by atoms with Crippen molar-refractivity contribution in [3.8, 4) is 11.5 Å². The van der Waals surface area contributed by atoms with Gasteiger partial charge in [-0.1, -0.05) is 30.3 Å². The Morgan fingerprint density at radius 2 is 1.68 bits per heavy atom. The van der Waals surface area contributed by atoms with Crippen molar-refractivity contribution in [1.82, 2.24) is 10.3 Å². The van der Waals surface area contributed by atoms with Crippen LogP contribution in [0.5, 0.6) is 11.5 Å². The van der Waals surface area contributed by atoms with E-state index in [-0.39, 0.29) is 24.0 Å². The zero-order chi connectivity index (χ0) is 33.8. The zero-order valence-corrected chi connectivity index (χ0v) is 27.8. The standard InChI is InChI=1S/C34H34N4O7S2/c1-5-45-29(39)19-25-20-46-34(36-25)38-31(40)21(2)47-26-16-14-24(15-17-26)35-33(42)27(37-32(41)22-10-7-6-8-11-22)18-23-12-9-13-28(43-3)30(23)44-4/h6-18,20-21H,5,19H2,1-4H3,(H,35,42)(H,37,41)(H,36,38,40)/b27-18-. The number of ether oxygens (including phenoxy) is 3. The third-order valence-corrected chi connectivity index (χ3v) is 8.39. The molecule has 0 bridgehead atoms. The lowest BCUT2D eigenvalue weighted by molar-refractivity contribution is -0.142. The molecular weight excluding hydrogens is 641 g/mol. The third-order valence-electron chi connectivity index (χ3n) is 6.47. The lowest BCUT2D eigenvalue weighted by atomic mass is 10.1. The van der Waals surface area contributed by atoms with Gasteiger partial charge in [-0.05, 0) is 62.4 Å². The number of esters is 1. The first-order chi connectivity index (χ1) is 22.7. The number of benzene rings is 3. The molecule has 47 heavy (non-hydrogen) atoms. The molecular formula is C34H34N4O7S2. The van der Waals surface area contributed by atoms with Crippen molar-refractivity contribution in [2.45, 2.75) is 30.4 Å². The summed E-state index contributed by atoms with van der Waals surface area (Å²) in [4.78, 5) is 56.1. The number of nitrogens with zero attached hydrogens (tertiary/aromatic N) is 1. The molecule has 1 atom stereocenters. The Hall–Kier alpha value is -5.14. The average molecular weight is 675 g/mol. The maximum absolute atomic E-state index is 13.5. The van der Waals surface area contributed by atoms with Crippen LogP contribution in [0.25, 0.3) is 6.08 Å². The van der Waals surface area contributed by atoms with Gasteiger partial charge in [-0.2, -0.15) is 0 Å². The summed E-state index contributed by atoms with van der Waals surface area (Å²) in [5.74, 6) is -0.765. The van der Waals surface area contributed by atoms with Gasteiger partial charge in [-0.3, -0.25) is 19.2 Å². The number of aromatic nitrogens is 1. The Morgan fingerprint density at radius 3 is 2.36 bits per heavy atom. The van der Waals surface area contributed by atoms with Gasteiger partial charge in [-0.15, -0.1) is 23.1 Å². The van der Waals surface area contributed by atoms with Crippen molar-refractivity contribution in [1.29, 1.82) is 0 Å². The number of hydrogen-bond donors (Lipinski definition) is 3. The Balaban J connectivity index is 1.43. The van der Waals surface area contributed by atoms with E-state index >= 15 is 0 Å². The molecule has 0 spiro atoms. The summed E-state index contributed by atoms with van der Waals surface area (Å²) in [6.45, 7) is 3.79. The molecule has 0 aliphatic rings. The van der Waals surface area contributed by atoms with Crippen LogP contribution in [-0.2, 0) is 25.5 Å². The highest BCUT2D eigenvalue weighted by molar-refractivity contribution is 8.00. The van der Waals surface area contributed by atoms with E-state index in [0.29, 0.717) is 45.7 Å². The molecule has 1 unspecified atom stereocenters. The van der Waals surface area contributed by atoms with Gasteiger partial charge in [0.2, 0.25) is 5.91 Å². The van der Waals surface area contributed by atoms with Gasteiger partial charge in [0, 0.05) is 27.1 Å². The predicted octanol–water partition coefficient (Wildman–Crippen LogP) is 5.79. The van der Waals surface area contributed by atoms with Gasteiger partial charge in [0.1, 0.15) is 5.70 Å². The number of amides is 3. The second-order valence-corrected chi connectivity index (χ2v) is 12.1. The van der Waals surface area contributed by atoms with Crippen molar-refractivity contribution in [3.05, 3.63) is 101 Å². The molecule has 0 radical (unpaired) electrons. The number of methoxy groups -OCH3 is 2. The maximum Gasteiger partial charge on any atom is 0.311 e. The van der Waals surface area contributed by atoms with Gasteiger partial charge in [0.25, 0.3) is 11.8 Å². The molecule has 3 aromatic carbocycles. The average Bonchev–Trinajstić information content (AvgIpc) is 3.51. The summed E-state index contributed by atoms with van der Waals surface area (Å²) in [7, 11) is 3.00. The number of carbonyl (C=O) groups excluding carboxylic acids is 4. The first-order valence-corrected chi connectivity index (χ1v) is 16.2. The zero-order valence-electron chi connectivity index (χ0n) is 26.2. The summed E-state index contributed by atoms with van der Waals surface area (Å²) in [6.07, 6.45) is 1.56. The number of thioether (sulfide) groups is 1. The first kappa shape index (κ1) is 34.7. The Morgan fingerprint density at radius 1 is 0.936 bits per heavy atom. The van der Waals surface area contributed by atoms with Crippen LogP contribution in [0.1, 0.15) is 35.5 Å². The minimum Gasteiger partial charge on any atom is -0.493 e. The van der Waals surface area contributed by atoms with Crippen LogP contribution < -0.4 is 25.4 Å². The second-order valence-electron chi connectivity index (χ2n) is 9.81. The summed E-state index contributed by atoms with van der Waals surface area (Å²) in [6, 6.07) is 20.7. The fourth-order valence-electron chi connectivity index (χ4n) is 4.21. The Bertz CT molecular complexity index is 1740. The number of anilines is 2. The number of carbonyl (C=O) groups is 4. The highest BCUT2D eigenvalue weighted by Gasteiger charge is 2.19. The number of rotatable bonds is 14. The van der Waals surface area contributed by atoms with Crippen LogP contribution in [0.3, 0.4) is 0 Å². The van der Waals surface area contributed by atoms with E-state index in [1.807, 2.05) is 0 Å². The highest BCUT2D eigenvalue weighted by Crippen LogP contribution is 2.32. The van der Waals surface area contributed by atoms with Crippen molar-refractivity contribution < 1.29 is 33.4 Å². The van der Waals surface area contributed by atoms with Gasteiger partial charge >= 0.3 is 5.97 Å². The molecule has 0 saturated heterocycles. The van der Waals surface area contributed by atoms with Crippen LogP contribution in [-0.4, -0.2) is 54.8 Å². The third kappa shape index (κ3) is 9.92. The SMILES string of the molecule is CCOC(=O)Cc1csc(NC(=O)C(C)Sc2ccc(NC(=O)/C(=C/c3cccc(OC)c3OC)NC(=O)c3ccccc3)cc2)n1. The summed E-state index contributed by atoms with van der Waals surface area (Å²) in [5.41, 5.74) is 1.90. The van der Waals surface area contributed by atoms with E-state index in [1.54, 1.807) is 92.0 Å². The van der Waals surface area contributed by atoms with E-state index in [2.05, 4.69) is 20.9 Å². The summed E-state index contributed by atoms with van der Waals surface area (Å²) < 4.78 is 15.8. The van der Waals surface area contributed by atoms with Crippen molar-refractivity contribution in [2.75, 3.05) is 31.5 Å². The molecule has 1 aromatic heterocycles. The van der Waals surface area contributed by atoms with E-state index in [0.717, 1.165) is 4.90 Å². The van der Waals surface area contributed by atoms with Gasteiger partial charge in [0.05, 0.1) is 38.2 Å². The van der Waals surface area contributed by atoms with E-state index in [9.17, 15) is 19.2 Å².